The summed E-state index contributed by atoms with van der Waals surface area (Å²) in [4.78, 5) is 0. The normalized spacial score (nSPS) is 12.5. The van der Waals surface area contributed by atoms with Crippen LogP contribution in [-0.2, 0) is 4.06 Å². The Balaban J connectivity index is 4.42. The molecule has 12 heavy (non-hydrogen) atoms. The van der Waals surface area contributed by atoms with Gasteiger partial charge in [-0.3, -0.25) is 0 Å². The molecule has 0 spiro atoms. The fourth-order valence-electron chi connectivity index (χ4n) is 2.18. The van der Waals surface area contributed by atoms with E-state index in [1.807, 2.05) is 0 Å². The smallest absolute Gasteiger partial charge is 0.385 e. The van der Waals surface area contributed by atoms with Gasteiger partial charge in [0.05, 0.1) is 0 Å². The van der Waals surface area contributed by atoms with Gasteiger partial charge in [0.15, 0.2) is 0 Å². The van der Waals surface area contributed by atoms with E-state index in [1.54, 1.807) is 0 Å². The van der Waals surface area contributed by atoms with Crippen LogP contribution in [0.5, 0.6) is 0 Å². The van der Waals surface area contributed by atoms with E-state index in [4.69, 9.17) is 0 Å². The minimum atomic E-state index is -1.10. The molecule has 0 N–H and O–H groups in total. The first-order valence-corrected chi connectivity index (χ1v) is 7.91. The summed E-state index contributed by atoms with van der Waals surface area (Å²) in [5.41, 5.74) is 0. The largest absolute Gasteiger partial charge is 0.520 e. The third-order valence-electron chi connectivity index (χ3n) is 3.24. The molecule has 0 aliphatic carbocycles. The standard InChI is InChI=1S/C10H25OSi/c1-6-11(7-2)12(8-3,9-4)10-5/h6-10H2,1-5H3/q+1. The molecule has 0 bridgehead atoms. The van der Waals surface area contributed by atoms with Crippen molar-refractivity contribution < 1.29 is 4.06 Å². The molecular weight excluding hydrogens is 164 g/mol. The Hall–Kier alpha value is 0.177. The third-order valence-corrected chi connectivity index (χ3v) is 8.91. The van der Waals surface area contributed by atoms with Gasteiger partial charge >= 0.3 is 8.32 Å². The minimum Gasteiger partial charge on any atom is -0.520 e. The summed E-state index contributed by atoms with van der Waals surface area (Å²) in [5.74, 6) is 0. The molecule has 0 aromatic heterocycles. The molecule has 1 nitrogen and oxygen atoms in total. The van der Waals surface area contributed by atoms with Crippen LogP contribution in [0.2, 0.25) is 18.1 Å². The van der Waals surface area contributed by atoms with Crippen molar-refractivity contribution in [3.05, 3.63) is 0 Å². The summed E-state index contributed by atoms with van der Waals surface area (Å²) in [6, 6.07) is 4.14. The molecule has 0 aliphatic heterocycles. The average molecular weight is 189 g/mol. The summed E-state index contributed by atoms with van der Waals surface area (Å²) >= 11 is 0. The van der Waals surface area contributed by atoms with Crippen LogP contribution in [0.4, 0.5) is 0 Å². The average Bonchev–Trinajstić information content (AvgIpc) is 2.14. The molecule has 2 heteroatoms. The van der Waals surface area contributed by atoms with Crippen LogP contribution in [0.1, 0.15) is 34.6 Å². The lowest BCUT2D eigenvalue weighted by molar-refractivity contribution is 0.00768. The second kappa shape index (κ2) is 5.76. The highest BCUT2D eigenvalue weighted by molar-refractivity contribution is 6.74. The third kappa shape index (κ3) is 2.33. The fraction of sp³-hybridized carbons (Fsp3) is 1.00. The lowest BCUT2D eigenvalue weighted by Gasteiger charge is -2.35. The van der Waals surface area contributed by atoms with E-state index in [0.717, 1.165) is 13.2 Å². The van der Waals surface area contributed by atoms with Crippen LogP contribution < -0.4 is 0 Å². The Morgan fingerprint density at radius 2 is 1.08 bits per heavy atom. The number of hydrogen-bond donors (Lipinski definition) is 0. The van der Waals surface area contributed by atoms with Crippen molar-refractivity contribution in [1.29, 1.82) is 0 Å². The molecular formula is C10H25OSi+. The number of hydrogen-bond acceptors (Lipinski definition) is 0. The predicted molar refractivity (Wildman–Crippen MR) is 59.4 cm³/mol. The molecule has 0 aromatic carbocycles. The van der Waals surface area contributed by atoms with Crippen LogP contribution in [-0.4, -0.2) is 21.5 Å². The zero-order chi connectivity index (χ0) is 9.61. The minimum absolute atomic E-state index is 1.10. The second-order valence-corrected chi connectivity index (χ2v) is 8.38. The van der Waals surface area contributed by atoms with Gasteiger partial charge in [-0.1, -0.05) is 20.8 Å². The van der Waals surface area contributed by atoms with Crippen molar-refractivity contribution in [2.24, 2.45) is 0 Å². The molecule has 0 rings (SSSR count). The number of rotatable bonds is 6. The van der Waals surface area contributed by atoms with E-state index in [2.05, 4.69) is 38.7 Å². The summed E-state index contributed by atoms with van der Waals surface area (Å²) in [5, 5.41) is 0. The van der Waals surface area contributed by atoms with Gasteiger partial charge in [0.25, 0.3) is 0 Å². The van der Waals surface area contributed by atoms with Gasteiger partial charge in [-0.2, -0.15) is 0 Å². The van der Waals surface area contributed by atoms with Crippen molar-refractivity contribution in [3.8, 4) is 0 Å². The Morgan fingerprint density at radius 1 is 0.750 bits per heavy atom. The highest BCUT2D eigenvalue weighted by Crippen LogP contribution is 2.27. The van der Waals surface area contributed by atoms with E-state index in [0.29, 0.717) is 0 Å². The van der Waals surface area contributed by atoms with Crippen LogP contribution in [0.3, 0.4) is 0 Å². The first kappa shape index (κ1) is 12.2. The maximum atomic E-state index is 3.57. The van der Waals surface area contributed by atoms with Gasteiger partial charge in [-0.15, -0.1) is 0 Å². The van der Waals surface area contributed by atoms with Gasteiger partial charge in [-0.25, -0.2) is 0 Å². The maximum absolute atomic E-state index is 3.57. The lowest BCUT2D eigenvalue weighted by atomic mass is 10.8. The molecule has 74 valence electrons. The van der Waals surface area contributed by atoms with E-state index in [9.17, 15) is 0 Å². The van der Waals surface area contributed by atoms with Gasteiger partial charge in [0.1, 0.15) is 13.2 Å². The molecule has 0 saturated heterocycles. The van der Waals surface area contributed by atoms with Gasteiger partial charge in [0.2, 0.25) is 0 Å². The molecule has 0 aliphatic rings. The molecule has 0 aromatic rings. The Kier molecular flexibility index (Phi) is 5.84. The van der Waals surface area contributed by atoms with E-state index < -0.39 is 8.32 Å². The van der Waals surface area contributed by atoms with Crippen LogP contribution in [0.25, 0.3) is 0 Å². The Morgan fingerprint density at radius 3 is 1.17 bits per heavy atom. The lowest BCUT2D eigenvalue weighted by Crippen LogP contribution is -2.45. The van der Waals surface area contributed by atoms with E-state index in [-0.39, 0.29) is 0 Å². The highest BCUT2D eigenvalue weighted by Gasteiger charge is 2.42. The van der Waals surface area contributed by atoms with Crippen molar-refractivity contribution >= 4 is 8.32 Å². The van der Waals surface area contributed by atoms with Gasteiger partial charge in [0, 0.05) is 32.0 Å². The van der Waals surface area contributed by atoms with Crippen molar-refractivity contribution in [1.82, 2.24) is 0 Å². The first-order valence-electron chi connectivity index (χ1n) is 5.38. The summed E-state index contributed by atoms with van der Waals surface area (Å²) in [6.07, 6.45) is 0. The summed E-state index contributed by atoms with van der Waals surface area (Å²) in [7, 11) is -1.10. The molecule has 0 atom stereocenters. The maximum Gasteiger partial charge on any atom is 0.385 e. The first-order chi connectivity index (χ1) is 5.70. The zero-order valence-corrected chi connectivity index (χ0v) is 10.4. The highest BCUT2D eigenvalue weighted by atomic mass is 28.4. The molecule has 0 fully saturated rings. The Bertz CT molecular complexity index is 98.1. The van der Waals surface area contributed by atoms with E-state index in [1.165, 1.54) is 18.1 Å². The monoisotopic (exact) mass is 189 g/mol. The van der Waals surface area contributed by atoms with Gasteiger partial charge < -0.3 is 4.06 Å². The molecule has 0 amide bonds. The van der Waals surface area contributed by atoms with Gasteiger partial charge in [-0.05, 0) is 0 Å². The van der Waals surface area contributed by atoms with Crippen molar-refractivity contribution in [2.75, 3.05) is 13.2 Å². The second-order valence-electron chi connectivity index (χ2n) is 3.31. The molecule has 0 unspecified atom stereocenters. The van der Waals surface area contributed by atoms with Crippen LogP contribution in [0, 0.1) is 0 Å². The molecule has 0 radical (unpaired) electrons. The zero-order valence-electron chi connectivity index (χ0n) is 9.44. The SMILES string of the molecule is CC[O+](CC)[Si](CC)(CC)CC. The quantitative estimate of drug-likeness (QED) is 0.444. The van der Waals surface area contributed by atoms with Crippen LogP contribution >= 0.6 is 0 Å². The predicted octanol–water partition coefficient (Wildman–Crippen LogP) is 3.58. The molecule has 0 heterocycles. The van der Waals surface area contributed by atoms with Crippen molar-refractivity contribution in [2.45, 2.75) is 52.8 Å². The van der Waals surface area contributed by atoms with Crippen LogP contribution in [0.15, 0.2) is 0 Å². The molecule has 0 saturated carbocycles. The topological polar surface area (TPSA) is 2.70 Å². The summed E-state index contributed by atoms with van der Waals surface area (Å²) < 4.78 is 3.57. The van der Waals surface area contributed by atoms with Crippen molar-refractivity contribution in [3.63, 3.8) is 0 Å². The van der Waals surface area contributed by atoms with E-state index >= 15 is 0 Å². The summed E-state index contributed by atoms with van der Waals surface area (Å²) in [6.45, 7) is 13.9. The fourth-order valence-corrected chi connectivity index (χ4v) is 6.13. The Labute approximate surface area is 79.0 Å².